The Kier molecular flexibility index (Phi) is 4.51. The van der Waals surface area contributed by atoms with Gasteiger partial charge in [0.1, 0.15) is 0 Å². The fraction of sp³-hybridized carbons (Fsp3) is 0.176. The highest BCUT2D eigenvalue weighted by molar-refractivity contribution is 6.30. The van der Waals surface area contributed by atoms with Crippen molar-refractivity contribution < 1.29 is 4.42 Å². The molecule has 0 atom stereocenters. The van der Waals surface area contributed by atoms with Crippen LogP contribution < -0.4 is 5.32 Å². The van der Waals surface area contributed by atoms with Gasteiger partial charge in [0, 0.05) is 17.1 Å². The Hall–Kier alpha value is -2.17. The van der Waals surface area contributed by atoms with E-state index >= 15 is 0 Å². The van der Waals surface area contributed by atoms with Gasteiger partial charge in [0.05, 0.1) is 6.54 Å². The minimum Gasteiger partial charge on any atom is -0.419 e. The van der Waals surface area contributed by atoms with E-state index in [9.17, 15) is 0 Å². The van der Waals surface area contributed by atoms with E-state index in [1.807, 2.05) is 18.2 Å². The van der Waals surface area contributed by atoms with E-state index in [-0.39, 0.29) is 0 Å². The standard InChI is InChI=1S/C17H16ClN3O/c1-12-4-2-5-13(8-12)10-19-11-16-20-21-17(22-16)14-6-3-7-15(18)9-14/h2-9,19H,10-11H2,1H3. The minimum atomic E-state index is 0.481. The number of rotatable bonds is 5. The number of benzene rings is 2. The van der Waals surface area contributed by atoms with Crippen LogP contribution in [-0.2, 0) is 13.1 Å². The lowest BCUT2D eigenvalue weighted by Crippen LogP contribution is -2.12. The molecule has 0 fully saturated rings. The van der Waals surface area contributed by atoms with Gasteiger partial charge < -0.3 is 9.73 Å². The molecule has 22 heavy (non-hydrogen) atoms. The van der Waals surface area contributed by atoms with Gasteiger partial charge in [0.2, 0.25) is 11.8 Å². The van der Waals surface area contributed by atoms with Crippen molar-refractivity contribution in [3.8, 4) is 11.5 Å². The molecule has 5 heteroatoms. The number of aromatic nitrogens is 2. The Morgan fingerprint density at radius 2 is 1.91 bits per heavy atom. The average Bonchev–Trinajstić information content (AvgIpc) is 2.96. The fourth-order valence-electron chi connectivity index (χ4n) is 2.20. The second kappa shape index (κ2) is 6.73. The van der Waals surface area contributed by atoms with E-state index in [1.165, 1.54) is 11.1 Å². The topological polar surface area (TPSA) is 51.0 Å². The Morgan fingerprint density at radius 1 is 1.05 bits per heavy atom. The molecular formula is C17H16ClN3O. The third kappa shape index (κ3) is 3.72. The van der Waals surface area contributed by atoms with Crippen LogP contribution >= 0.6 is 11.6 Å². The van der Waals surface area contributed by atoms with Gasteiger partial charge in [-0.3, -0.25) is 0 Å². The molecule has 0 amide bonds. The van der Waals surface area contributed by atoms with E-state index in [0.29, 0.717) is 23.3 Å². The molecule has 3 aromatic rings. The number of nitrogens with zero attached hydrogens (tertiary/aromatic N) is 2. The van der Waals surface area contributed by atoms with Crippen molar-refractivity contribution in [1.29, 1.82) is 0 Å². The highest BCUT2D eigenvalue weighted by Gasteiger charge is 2.08. The molecule has 1 heterocycles. The van der Waals surface area contributed by atoms with Crippen molar-refractivity contribution in [2.75, 3.05) is 0 Å². The zero-order chi connectivity index (χ0) is 15.4. The Morgan fingerprint density at radius 3 is 2.73 bits per heavy atom. The van der Waals surface area contributed by atoms with Gasteiger partial charge in [-0.25, -0.2) is 0 Å². The molecule has 0 saturated heterocycles. The van der Waals surface area contributed by atoms with E-state index in [4.69, 9.17) is 16.0 Å². The van der Waals surface area contributed by atoms with Crippen molar-refractivity contribution >= 4 is 11.6 Å². The van der Waals surface area contributed by atoms with Gasteiger partial charge in [0.25, 0.3) is 0 Å². The van der Waals surface area contributed by atoms with Crippen molar-refractivity contribution in [3.63, 3.8) is 0 Å². The van der Waals surface area contributed by atoms with Gasteiger partial charge in [-0.05, 0) is 30.7 Å². The van der Waals surface area contributed by atoms with E-state index < -0.39 is 0 Å². The first-order valence-corrected chi connectivity index (χ1v) is 7.43. The summed E-state index contributed by atoms with van der Waals surface area (Å²) in [5.74, 6) is 1.04. The molecule has 0 aliphatic heterocycles. The lowest BCUT2D eigenvalue weighted by atomic mass is 10.1. The summed E-state index contributed by atoms with van der Waals surface area (Å²) in [5.41, 5.74) is 3.31. The van der Waals surface area contributed by atoms with Crippen LogP contribution in [0.2, 0.25) is 5.02 Å². The van der Waals surface area contributed by atoms with Crippen molar-refractivity contribution in [2.45, 2.75) is 20.0 Å². The smallest absolute Gasteiger partial charge is 0.247 e. The molecule has 4 nitrogen and oxygen atoms in total. The first-order chi connectivity index (χ1) is 10.7. The Balaban J connectivity index is 1.60. The van der Waals surface area contributed by atoms with Crippen LogP contribution in [0.3, 0.4) is 0 Å². The first-order valence-electron chi connectivity index (χ1n) is 7.05. The summed E-state index contributed by atoms with van der Waals surface area (Å²) in [6.45, 7) is 3.37. The van der Waals surface area contributed by atoms with Gasteiger partial charge in [0.15, 0.2) is 0 Å². The SMILES string of the molecule is Cc1cccc(CNCc2nnc(-c3cccc(Cl)c3)o2)c1. The summed E-state index contributed by atoms with van der Waals surface area (Å²) >= 11 is 5.96. The molecule has 0 spiro atoms. The molecule has 0 aliphatic rings. The zero-order valence-corrected chi connectivity index (χ0v) is 13.0. The molecule has 0 radical (unpaired) electrons. The third-order valence-electron chi connectivity index (χ3n) is 3.23. The van der Waals surface area contributed by atoms with E-state index in [1.54, 1.807) is 6.07 Å². The minimum absolute atomic E-state index is 0.481. The maximum Gasteiger partial charge on any atom is 0.247 e. The van der Waals surface area contributed by atoms with Crippen LogP contribution in [-0.4, -0.2) is 10.2 Å². The Bertz CT molecular complexity index is 770. The number of hydrogen-bond acceptors (Lipinski definition) is 4. The molecular weight excluding hydrogens is 298 g/mol. The van der Waals surface area contributed by atoms with Gasteiger partial charge in [-0.2, -0.15) is 0 Å². The van der Waals surface area contributed by atoms with Crippen molar-refractivity contribution in [3.05, 3.63) is 70.6 Å². The predicted octanol–water partition coefficient (Wildman–Crippen LogP) is 3.99. The molecule has 112 valence electrons. The molecule has 2 aromatic carbocycles. The second-order valence-corrected chi connectivity index (χ2v) is 5.54. The summed E-state index contributed by atoms with van der Waals surface area (Å²) in [6, 6.07) is 15.7. The number of hydrogen-bond donors (Lipinski definition) is 1. The van der Waals surface area contributed by atoms with Crippen LogP contribution in [0.1, 0.15) is 17.0 Å². The molecule has 1 aromatic heterocycles. The van der Waals surface area contributed by atoms with Crippen LogP contribution in [0.4, 0.5) is 0 Å². The lowest BCUT2D eigenvalue weighted by Gasteiger charge is -2.03. The summed E-state index contributed by atoms with van der Waals surface area (Å²) < 4.78 is 5.64. The molecule has 0 unspecified atom stereocenters. The first kappa shape index (κ1) is 14.8. The summed E-state index contributed by atoms with van der Waals surface area (Å²) in [7, 11) is 0. The summed E-state index contributed by atoms with van der Waals surface area (Å²) in [6.07, 6.45) is 0. The summed E-state index contributed by atoms with van der Waals surface area (Å²) in [5, 5.41) is 12.0. The summed E-state index contributed by atoms with van der Waals surface area (Å²) in [4.78, 5) is 0. The highest BCUT2D eigenvalue weighted by Crippen LogP contribution is 2.21. The average molecular weight is 314 g/mol. The highest BCUT2D eigenvalue weighted by atomic mass is 35.5. The maximum absolute atomic E-state index is 5.96. The predicted molar refractivity (Wildman–Crippen MR) is 86.5 cm³/mol. The second-order valence-electron chi connectivity index (χ2n) is 5.10. The van der Waals surface area contributed by atoms with E-state index in [2.05, 4.69) is 46.7 Å². The zero-order valence-electron chi connectivity index (χ0n) is 12.2. The van der Waals surface area contributed by atoms with Crippen molar-refractivity contribution in [2.24, 2.45) is 0 Å². The van der Waals surface area contributed by atoms with Crippen LogP contribution in [0.15, 0.2) is 52.9 Å². The van der Waals surface area contributed by atoms with Gasteiger partial charge in [-0.15, -0.1) is 10.2 Å². The molecule has 0 saturated carbocycles. The normalized spacial score (nSPS) is 10.8. The number of nitrogens with one attached hydrogen (secondary N) is 1. The van der Waals surface area contributed by atoms with Crippen LogP contribution in [0, 0.1) is 6.92 Å². The largest absolute Gasteiger partial charge is 0.419 e. The maximum atomic E-state index is 5.96. The monoisotopic (exact) mass is 313 g/mol. The number of aryl methyl sites for hydroxylation is 1. The molecule has 1 N–H and O–H groups in total. The van der Waals surface area contributed by atoms with Crippen molar-refractivity contribution in [1.82, 2.24) is 15.5 Å². The van der Waals surface area contributed by atoms with Gasteiger partial charge in [-0.1, -0.05) is 47.5 Å². The van der Waals surface area contributed by atoms with E-state index in [0.717, 1.165) is 12.1 Å². The van der Waals surface area contributed by atoms with Gasteiger partial charge >= 0.3 is 0 Å². The number of halogens is 1. The molecule has 3 rings (SSSR count). The lowest BCUT2D eigenvalue weighted by molar-refractivity contribution is 0.477. The quantitative estimate of drug-likeness (QED) is 0.774. The molecule has 0 aliphatic carbocycles. The van der Waals surface area contributed by atoms with Crippen LogP contribution in [0.25, 0.3) is 11.5 Å². The van der Waals surface area contributed by atoms with Crippen LogP contribution in [0.5, 0.6) is 0 Å². The third-order valence-corrected chi connectivity index (χ3v) is 3.46. The Labute approximate surface area is 134 Å². The molecule has 0 bridgehead atoms. The fourth-order valence-corrected chi connectivity index (χ4v) is 2.39.